The Kier molecular flexibility index (Phi) is 5.09. The second-order valence-electron chi connectivity index (χ2n) is 5.71. The van der Waals surface area contributed by atoms with Crippen molar-refractivity contribution in [1.29, 1.82) is 0 Å². The molecule has 23 heavy (non-hydrogen) atoms. The second-order valence-corrected chi connectivity index (χ2v) is 6.15. The third-order valence-electron chi connectivity index (χ3n) is 4.14. The summed E-state index contributed by atoms with van der Waals surface area (Å²) >= 11 is 5.88. The smallest absolute Gasteiger partial charge is 0.247 e. The van der Waals surface area contributed by atoms with Gasteiger partial charge in [-0.05, 0) is 54.7 Å². The molecule has 1 fully saturated rings. The van der Waals surface area contributed by atoms with E-state index in [-0.39, 0.29) is 11.9 Å². The fraction of sp³-hybridized carbons (Fsp3) is 0.263. The fourth-order valence-electron chi connectivity index (χ4n) is 2.95. The number of amides is 1. The predicted molar refractivity (Wildman–Crippen MR) is 93.0 cm³/mol. The summed E-state index contributed by atoms with van der Waals surface area (Å²) in [6, 6.07) is 11.6. The molecule has 0 aliphatic carbocycles. The molecule has 3 nitrogen and oxygen atoms in total. The molecule has 1 saturated heterocycles. The molecule has 4 heteroatoms. The number of hydrogen-bond acceptors (Lipinski definition) is 2. The van der Waals surface area contributed by atoms with Crippen molar-refractivity contribution < 1.29 is 4.79 Å². The maximum absolute atomic E-state index is 12.6. The lowest BCUT2D eigenvalue weighted by Crippen LogP contribution is -2.37. The van der Waals surface area contributed by atoms with E-state index in [4.69, 9.17) is 11.6 Å². The monoisotopic (exact) mass is 326 g/mol. The number of hydrogen-bond donors (Lipinski definition) is 0. The van der Waals surface area contributed by atoms with Gasteiger partial charge in [0.05, 0.1) is 6.04 Å². The highest BCUT2D eigenvalue weighted by Crippen LogP contribution is 2.30. The number of carbonyl (C=O) groups excluding carboxylic acids is 1. The molecule has 2 aromatic rings. The van der Waals surface area contributed by atoms with Crippen molar-refractivity contribution >= 4 is 23.6 Å². The summed E-state index contributed by atoms with van der Waals surface area (Å²) in [7, 11) is 0. The van der Waals surface area contributed by atoms with Crippen LogP contribution in [-0.4, -0.2) is 22.3 Å². The lowest BCUT2D eigenvalue weighted by molar-refractivity contribution is -0.129. The van der Waals surface area contributed by atoms with Crippen molar-refractivity contribution in [2.45, 2.75) is 25.3 Å². The molecule has 0 radical (unpaired) electrons. The Morgan fingerprint density at radius 2 is 2.04 bits per heavy atom. The average molecular weight is 327 g/mol. The number of benzene rings is 1. The maximum atomic E-state index is 12.6. The summed E-state index contributed by atoms with van der Waals surface area (Å²) in [5.74, 6) is 0.0495. The summed E-state index contributed by atoms with van der Waals surface area (Å²) in [4.78, 5) is 18.8. The van der Waals surface area contributed by atoms with Gasteiger partial charge in [0.15, 0.2) is 0 Å². The van der Waals surface area contributed by atoms with Crippen LogP contribution in [0.1, 0.15) is 36.4 Å². The van der Waals surface area contributed by atoms with Gasteiger partial charge in [0.2, 0.25) is 5.91 Å². The van der Waals surface area contributed by atoms with E-state index in [1.807, 2.05) is 53.6 Å². The lowest BCUT2D eigenvalue weighted by atomic mass is 9.96. The molecule has 1 amide bonds. The SMILES string of the molecule is O=C(/C=C/c1ccc(Cl)cc1)N1CCCC[C@@H]1c1cccnc1. The highest BCUT2D eigenvalue weighted by atomic mass is 35.5. The summed E-state index contributed by atoms with van der Waals surface area (Å²) < 4.78 is 0. The van der Waals surface area contributed by atoms with Gasteiger partial charge in [-0.25, -0.2) is 0 Å². The Bertz CT molecular complexity index is 682. The molecule has 0 spiro atoms. The molecule has 1 aromatic heterocycles. The van der Waals surface area contributed by atoms with Gasteiger partial charge >= 0.3 is 0 Å². The fourth-order valence-corrected chi connectivity index (χ4v) is 3.08. The highest BCUT2D eigenvalue weighted by Gasteiger charge is 2.26. The minimum Gasteiger partial charge on any atom is -0.332 e. The van der Waals surface area contributed by atoms with Crippen LogP contribution < -0.4 is 0 Å². The van der Waals surface area contributed by atoms with E-state index in [2.05, 4.69) is 4.98 Å². The minimum atomic E-state index is 0.0495. The average Bonchev–Trinajstić information content (AvgIpc) is 2.62. The molecule has 0 saturated carbocycles. The number of aromatic nitrogens is 1. The Labute approximate surface area is 141 Å². The van der Waals surface area contributed by atoms with E-state index in [0.29, 0.717) is 5.02 Å². The number of carbonyl (C=O) groups is 1. The van der Waals surface area contributed by atoms with Gasteiger partial charge < -0.3 is 4.90 Å². The molecule has 0 bridgehead atoms. The number of halogens is 1. The quantitative estimate of drug-likeness (QED) is 0.778. The van der Waals surface area contributed by atoms with Gasteiger partial charge in [-0.1, -0.05) is 29.8 Å². The maximum Gasteiger partial charge on any atom is 0.247 e. The predicted octanol–water partition coefficient (Wildman–Crippen LogP) is 4.50. The van der Waals surface area contributed by atoms with Crippen molar-refractivity contribution in [3.8, 4) is 0 Å². The van der Waals surface area contributed by atoms with Crippen molar-refractivity contribution in [3.63, 3.8) is 0 Å². The molecule has 1 atom stereocenters. The van der Waals surface area contributed by atoms with E-state index in [1.165, 1.54) is 0 Å². The third-order valence-corrected chi connectivity index (χ3v) is 4.40. The zero-order valence-electron chi connectivity index (χ0n) is 12.9. The molecule has 0 N–H and O–H groups in total. The summed E-state index contributed by atoms with van der Waals surface area (Å²) in [5, 5.41) is 0.696. The van der Waals surface area contributed by atoms with Crippen LogP contribution in [0.25, 0.3) is 6.08 Å². The van der Waals surface area contributed by atoms with Crippen LogP contribution in [0.5, 0.6) is 0 Å². The van der Waals surface area contributed by atoms with Crippen LogP contribution in [0.15, 0.2) is 54.9 Å². The zero-order chi connectivity index (χ0) is 16.1. The second kappa shape index (κ2) is 7.42. The van der Waals surface area contributed by atoms with Crippen LogP contribution >= 0.6 is 11.6 Å². The van der Waals surface area contributed by atoms with Crippen LogP contribution in [0, 0.1) is 0 Å². The van der Waals surface area contributed by atoms with Gasteiger partial charge in [-0.2, -0.15) is 0 Å². The van der Waals surface area contributed by atoms with E-state index < -0.39 is 0 Å². The Morgan fingerprint density at radius 3 is 2.78 bits per heavy atom. The van der Waals surface area contributed by atoms with Crippen LogP contribution in [-0.2, 0) is 4.79 Å². The zero-order valence-corrected chi connectivity index (χ0v) is 13.6. The Hall–Kier alpha value is -2.13. The van der Waals surface area contributed by atoms with E-state index >= 15 is 0 Å². The van der Waals surface area contributed by atoms with Crippen molar-refractivity contribution in [2.75, 3.05) is 6.54 Å². The normalized spacial score (nSPS) is 18.3. The molecule has 2 heterocycles. The summed E-state index contributed by atoms with van der Waals surface area (Å²) in [6.07, 6.45) is 10.3. The first-order valence-electron chi connectivity index (χ1n) is 7.88. The van der Waals surface area contributed by atoms with Gasteiger partial charge in [-0.15, -0.1) is 0 Å². The van der Waals surface area contributed by atoms with Gasteiger partial charge in [0.25, 0.3) is 0 Å². The summed E-state index contributed by atoms with van der Waals surface area (Å²) in [6.45, 7) is 0.795. The number of nitrogens with zero attached hydrogens (tertiary/aromatic N) is 2. The third kappa shape index (κ3) is 3.99. The first-order chi connectivity index (χ1) is 11.2. The molecule has 1 aliphatic heterocycles. The summed E-state index contributed by atoms with van der Waals surface area (Å²) in [5.41, 5.74) is 2.08. The van der Waals surface area contributed by atoms with Crippen molar-refractivity contribution in [3.05, 3.63) is 71.0 Å². The first-order valence-corrected chi connectivity index (χ1v) is 8.26. The number of piperidine rings is 1. The lowest BCUT2D eigenvalue weighted by Gasteiger charge is -2.35. The molecular formula is C19H19ClN2O. The molecule has 0 unspecified atom stereocenters. The van der Waals surface area contributed by atoms with E-state index in [0.717, 1.165) is 36.9 Å². The topological polar surface area (TPSA) is 33.2 Å². The van der Waals surface area contributed by atoms with Gasteiger partial charge in [0.1, 0.15) is 0 Å². The standard InChI is InChI=1S/C19H19ClN2O/c20-17-9-6-15(7-10-17)8-11-19(23)22-13-2-1-5-18(22)16-4-3-12-21-14-16/h3-4,6-12,14,18H,1-2,5,13H2/b11-8+/t18-/m1/s1. The Morgan fingerprint density at radius 1 is 1.22 bits per heavy atom. The van der Waals surface area contributed by atoms with Crippen LogP contribution in [0.2, 0.25) is 5.02 Å². The number of rotatable bonds is 3. The van der Waals surface area contributed by atoms with Crippen LogP contribution in [0.3, 0.4) is 0 Å². The van der Waals surface area contributed by atoms with Crippen molar-refractivity contribution in [2.24, 2.45) is 0 Å². The highest BCUT2D eigenvalue weighted by molar-refractivity contribution is 6.30. The van der Waals surface area contributed by atoms with Gasteiger partial charge in [-0.3, -0.25) is 9.78 Å². The molecule has 3 rings (SSSR count). The molecule has 1 aromatic carbocycles. The number of likely N-dealkylation sites (tertiary alicyclic amines) is 1. The largest absolute Gasteiger partial charge is 0.332 e. The minimum absolute atomic E-state index is 0.0495. The van der Waals surface area contributed by atoms with Crippen LogP contribution in [0.4, 0.5) is 0 Å². The van der Waals surface area contributed by atoms with E-state index in [1.54, 1.807) is 12.3 Å². The van der Waals surface area contributed by atoms with Crippen molar-refractivity contribution in [1.82, 2.24) is 9.88 Å². The first kappa shape index (κ1) is 15.8. The van der Waals surface area contributed by atoms with E-state index in [9.17, 15) is 4.79 Å². The molecular weight excluding hydrogens is 308 g/mol. The molecule has 1 aliphatic rings. The van der Waals surface area contributed by atoms with Gasteiger partial charge in [0, 0.05) is 30.0 Å². The Balaban J connectivity index is 1.75. The number of pyridine rings is 1. The molecule has 118 valence electrons.